The molecular weight excluding hydrogens is 679 g/mol. The van der Waals surface area contributed by atoms with Crippen molar-refractivity contribution in [2.45, 2.75) is 0 Å². The molecule has 258 valence electrons. The minimum Gasteiger partial charge on any atom is -0.247 e. The molecule has 0 N–H and O–H groups in total. The molecule has 12 rings (SSSR count). The molecule has 3 nitrogen and oxygen atoms in total. The number of nitrogens with zero attached hydrogens (tertiary/aromatic N) is 3. The Morgan fingerprint density at radius 2 is 0.643 bits per heavy atom. The SMILES string of the molecule is c1ccc2c(c1)-c1cccc3c(-c4ccc(-c5ccc6ccc7ccc(-c8ccc(-c9ccc%10ccc%11ccccc%11c%10n9)cc8)nc7c6n5)cc4)ccc-2c13. The van der Waals surface area contributed by atoms with Crippen LogP contribution >= 0.6 is 0 Å². The van der Waals surface area contributed by atoms with E-state index in [1.54, 1.807) is 0 Å². The topological polar surface area (TPSA) is 38.7 Å². The second-order valence-corrected chi connectivity index (χ2v) is 14.7. The minimum absolute atomic E-state index is 0.902. The molecule has 0 atom stereocenters. The van der Waals surface area contributed by atoms with E-state index in [1.165, 1.54) is 54.9 Å². The summed E-state index contributed by atoms with van der Waals surface area (Å²) in [5, 5.41) is 8.29. The van der Waals surface area contributed by atoms with Gasteiger partial charge in [0.1, 0.15) is 0 Å². The minimum atomic E-state index is 0.902. The van der Waals surface area contributed by atoms with E-state index >= 15 is 0 Å². The summed E-state index contributed by atoms with van der Waals surface area (Å²) >= 11 is 0. The van der Waals surface area contributed by atoms with Gasteiger partial charge in [-0.05, 0) is 67.7 Å². The fourth-order valence-electron chi connectivity index (χ4n) is 8.80. The summed E-state index contributed by atoms with van der Waals surface area (Å²) in [4.78, 5) is 15.6. The number of pyridine rings is 3. The van der Waals surface area contributed by atoms with Crippen LogP contribution in [0.5, 0.6) is 0 Å². The van der Waals surface area contributed by atoms with E-state index in [2.05, 4.69) is 188 Å². The van der Waals surface area contributed by atoms with Crippen molar-refractivity contribution >= 4 is 54.3 Å². The predicted octanol–water partition coefficient (Wildman–Crippen LogP) is 14.0. The zero-order valence-electron chi connectivity index (χ0n) is 30.2. The maximum Gasteiger partial charge on any atom is 0.0972 e. The number of fused-ring (bicyclic) bond motifs is 9. The van der Waals surface area contributed by atoms with Crippen molar-refractivity contribution in [2.24, 2.45) is 0 Å². The van der Waals surface area contributed by atoms with E-state index in [0.717, 1.165) is 66.5 Å². The Balaban J connectivity index is 0.880. The number of aromatic nitrogens is 3. The molecule has 11 aromatic rings. The lowest BCUT2D eigenvalue weighted by molar-refractivity contribution is 1.36. The van der Waals surface area contributed by atoms with Crippen LogP contribution in [-0.2, 0) is 0 Å². The van der Waals surface area contributed by atoms with Crippen LogP contribution in [0.25, 0.3) is 121 Å². The van der Waals surface area contributed by atoms with Gasteiger partial charge in [0.25, 0.3) is 0 Å². The van der Waals surface area contributed by atoms with Crippen LogP contribution in [-0.4, -0.2) is 15.0 Å². The number of rotatable bonds is 4. The third kappa shape index (κ3) is 4.74. The van der Waals surface area contributed by atoms with Gasteiger partial charge >= 0.3 is 0 Å². The highest BCUT2D eigenvalue weighted by molar-refractivity contribution is 6.18. The molecule has 0 unspecified atom stereocenters. The molecule has 0 amide bonds. The van der Waals surface area contributed by atoms with E-state index in [9.17, 15) is 0 Å². The molecule has 3 aromatic heterocycles. The van der Waals surface area contributed by atoms with Crippen LogP contribution in [0.3, 0.4) is 0 Å². The molecule has 3 heterocycles. The van der Waals surface area contributed by atoms with E-state index in [0.29, 0.717) is 0 Å². The smallest absolute Gasteiger partial charge is 0.0972 e. The Morgan fingerprint density at radius 3 is 1.25 bits per heavy atom. The molecule has 0 bridgehead atoms. The summed E-state index contributed by atoms with van der Waals surface area (Å²) in [7, 11) is 0. The van der Waals surface area contributed by atoms with Crippen LogP contribution in [0.1, 0.15) is 0 Å². The van der Waals surface area contributed by atoms with E-state index in [4.69, 9.17) is 15.0 Å². The van der Waals surface area contributed by atoms with Gasteiger partial charge in [-0.2, -0.15) is 0 Å². The third-order valence-corrected chi connectivity index (χ3v) is 11.6. The summed E-state index contributed by atoms with van der Waals surface area (Å²) < 4.78 is 0. The Hall–Kier alpha value is -7.49. The van der Waals surface area contributed by atoms with Crippen molar-refractivity contribution < 1.29 is 0 Å². The molecule has 0 radical (unpaired) electrons. The highest BCUT2D eigenvalue weighted by Gasteiger charge is 2.22. The first-order valence-electron chi connectivity index (χ1n) is 19.1. The zero-order valence-corrected chi connectivity index (χ0v) is 30.2. The predicted molar refractivity (Wildman–Crippen MR) is 234 cm³/mol. The molecule has 0 saturated carbocycles. The van der Waals surface area contributed by atoms with Crippen molar-refractivity contribution in [1.82, 2.24) is 15.0 Å². The zero-order chi connectivity index (χ0) is 36.7. The van der Waals surface area contributed by atoms with Gasteiger partial charge in [0.05, 0.1) is 33.6 Å². The van der Waals surface area contributed by atoms with Crippen molar-refractivity contribution in [3.05, 3.63) is 188 Å². The Kier molecular flexibility index (Phi) is 6.63. The largest absolute Gasteiger partial charge is 0.247 e. The van der Waals surface area contributed by atoms with Gasteiger partial charge in [0.2, 0.25) is 0 Å². The molecule has 8 aromatic carbocycles. The summed E-state index contributed by atoms with van der Waals surface area (Å²) in [5.41, 5.74) is 16.6. The van der Waals surface area contributed by atoms with Gasteiger partial charge in [-0.25, -0.2) is 15.0 Å². The molecule has 0 aliphatic heterocycles. The first kappa shape index (κ1) is 30.9. The van der Waals surface area contributed by atoms with E-state index in [1.807, 2.05) is 0 Å². The quantitative estimate of drug-likeness (QED) is 0.171. The Labute approximate surface area is 323 Å². The van der Waals surface area contributed by atoms with E-state index in [-0.39, 0.29) is 0 Å². The molecule has 1 aliphatic carbocycles. The number of benzene rings is 8. The fourth-order valence-corrected chi connectivity index (χ4v) is 8.80. The summed E-state index contributed by atoms with van der Waals surface area (Å²) in [6.45, 7) is 0. The van der Waals surface area contributed by atoms with Gasteiger partial charge in [-0.3, -0.25) is 0 Å². The molecule has 3 heteroatoms. The monoisotopic (exact) mass is 709 g/mol. The van der Waals surface area contributed by atoms with Crippen LogP contribution in [0.15, 0.2) is 188 Å². The lowest BCUT2D eigenvalue weighted by Crippen LogP contribution is -1.91. The third-order valence-electron chi connectivity index (χ3n) is 11.6. The molecular formula is C53H31N3. The molecule has 0 fully saturated rings. The lowest BCUT2D eigenvalue weighted by Gasteiger charge is -2.11. The number of hydrogen-bond donors (Lipinski definition) is 0. The van der Waals surface area contributed by atoms with Crippen molar-refractivity contribution in [2.75, 3.05) is 0 Å². The summed E-state index contributed by atoms with van der Waals surface area (Å²) in [5.74, 6) is 0. The Bertz CT molecular complexity index is 3370. The van der Waals surface area contributed by atoms with Crippen molar-refractivity contribution in [1.29, 1.82) is 0 Å². The summed E-state index contributed by atoms with van der Waals surface area (Å²) in [6, 6.07) is 67.2. The van der Waals surface area contributed by atoms with Crippen LogP contribution < -0.4 is 0 Å². The second-order valence-electron chi connectivity index (χ2n) is 14.7. The normalized spacial score (nSPS) is 11.9. The van der Waals surface area contributed by atoms with Crippen LogP contribution in [0.2, 0.25) is 0 Å². The highest BCUT2D eigenvalue weighted by atomic mass is 14.8. The first-order valence-corrected chi connectivity index (χ1v) is 19.1. The van der Waals surface area contributed by atoms with Gasteiger partial charge in [-0.15, -0.1) is 0 Å². The van der Waals surface area contributed by atoms with Crippen molar-refractivity contribution in [3.8, 4) is 67.2 Å². The standard InChI is InChI=1S/C53H31N3/c1-2-7-41-32(6-1)14-21-37-24-29-47(54-51(37)41)35-17-19-36(20-18-35)49-31-26-39-23-22-38-25-30-48(55-52(38)53(39)56-49)34-15-12-33(13-16-34)40-27-28-46-43-9-4-3-8-42(43)45-11-5-10-44(40)50(45)46/h1-31H. The molecule has 56 heavy (non-hydrogen) atoms. The molecule has 0 saturated heterocycles. The van der Waals surface area contributed by atoms with E-state index < -0.39 is 0 Å². The van der Waals surface area contributed by atoms with Crippen molar-refractivity contribution in [3.63, 3.8) is 0 Å². The lowest BCUT2D eigenvalue weighted by atomic mass is 9.93. The van der Waals surface area contributed by atoms with Gasteiger partial charge in [0, 0.05) is 38.2 Å². The fraction of sp³-hybridized carbons (Fsp3) is 0. The highest BCUT2D eigenvalue weighted by Crippen LogP contribution is 2.49. The molecule has 0 spiro atoms. The average Bonchev–Trinajstić information content (AvgIpc) is 3.60. The van der Waals surface area contributed by atoms with Crippen LogP contribution in [0, 0.1) is 0 Å². The Morgan fingerprint density at radius 1 is 0.232 bits per heavy atom. The van der Waals surface area contributed by atoms with Crippen LogP contribution in [0.4, 0.5) is 0 Å². The maximum absolute atomic E-state index is 5.24. The maximum atomic E-state index is 5.24. The van der Waals surface area contributed by atoms with Gasteiger partial charge in [0.15, 0.2) is 0 Å². The molecule has 1 aliphatic rings. The summed E-state index contributed by atoms with van der Waals surface area (Å²) in [6.07, 6.45) is 0. The second kappa shape index (κ2) is 12.0. The average molecular weight is 710 g/mol. The van der Waals surface area contributed by atoms with Gasteiger partial charge < -0.3 is 0 Å². The first-order chi connectivity index (χ1) is 27.7. The number of hydrogen-bond acceptors (Lipinski definition) is 3. The van der Waals surface area contributed by atoms with Gasteiger partial charge in [-0.1, -0.05) is 170 Å².